The monoisotopic (exact) mass is 116 g/mol. The van der Waals surface area contributed by atoms with E-state index in [1.165, 1.54) is 7.11 Å². The third-order valence-electron chi connectivity index (χ3n) is 0.700. The number of hydrogen-bond acceptors (Lipinski definition) is 2. The van der Waals surface area contributed by atoms with Crippen molar-refractivity contribution in [2.75, 3.05) is 13.7 Å². The molecule has 0 spiro atoms. The first kappa shape index (κ1) is 7.27. The van der Waals surface area contributed by atoms with Gasteiger partial charge in [0.1, 0.15) is 0 Å². The fraction of sp³-hybridized carbons (Fsp3) is 0.800. The van der Waals surface area contributed by atoms with E-state index in [1.54, 1.807) is 0 Å². The summed E-state index contributed by atoms with van der Waals surface area (Å²) >= 11 is 0. The van der Waals surface area contributed by atoms with Crippen molar-refractivity contribution in [1.82, 2.24) is 0 Å². The molecule has 0 aromatic carbocycles. The Labute approximate surface area is 49.5 Å². The van der Waals surface area contributed by atoms with Crippen LogP contribution < -0.4 is 5.73 Å². The van der Waals surface area contributed by atoms with Crippen molar-refractivity contribution >= 4 is 6.02 Å². The Hall–Kier alpha value is -0.730. The maximum atomic E-state index is 5.19. The topological polar surface area (TPSA) is 47.6 Å². The van der Waals surface area contributed by atoms with Crippen LogP contribution in [-0.4, -0.2) is 19.7 Å². The van der Waals surface area contributed by atoms with E-state index >= 15 is 0 Å². The first-order chi connectivity index (χ1) is 3.81. The van der Waals surface area contributed by atoms with Crippen LogP contribution in [0.25, 0.3) is 0 Å². The number of amidine groups is 1. The number of methoxy groups -OCH3 is 1. The largest absolute Gasteiger partial charge is 0.469 e. The predicted molar refractivity (Wildman–Crippen MR) is 33.8 cm³/mol. The molecule has 0 radical (unpaired) electrons. The minimum Gasteiger partial charge on any atom is -0.469 e. The number of aliphatic imine (C=N–C) groups is 1. The second-order valence-corrected chi connectivity index (χ2v) is 1.42. The van der Waals surface area contributed by atoms with Crippen LogP contribution in [0.4, 0.5) is 0 Å². The van der Waals surface area contributed by atoms with Gasteiger partial charge in [-0.25, -0.2) is 4.99 Å². The number of nitrogens with zero attached hydrogens (tertiary/aromatic N) is 1. The van der Waals surface area contributed by atoms with Gasteiger partial charge in [-0.05, 0) is 6.42 Å². The molecule has 0 aliphatic heterocycles. The van der Waals surface area contributed by atoms with Crippen molar-refractivity contribution in [3.8, 4) is 0 Å². The van der Waals surface area contributed by atoms with Gasteiger partial charge in [0.25, 0.3) is 6.02 Å². The van der Waals surface area contributed by atoms with Crippen molar-refractivity contribution < 1.29 is 4.74 Å². The highest BCUT2D eigenvalue weighted by atomic mass is 16.5. The van der Waals surface area contributed by atoms with E-state index in [0.717, 1.165) is 13.0 Å². The van der Waals surface area contributed by atoms with Crippen LogP contribution in [0.3, 0.4) is 0 Å². The van der Waals surface area contributed by atoms with Crippen molar-refractivity contribution in [3.63, 3.8) is 0 Å². The molecule has 48 valence electrons. The Morgan fingerprint density at radius 1 is 1.75 bits per heavy atom. The number of ether oxygens (including phenoxy) is 1. The van der Waals surface area contributed by atoms with E-state index < -0.39 is 0 Å². The zero-order valence-corrected chi connectivity index (χ0v) is 5.35. The van der Waals surface area contributed by atoms with Gasteiger partial charge in [-0.3, -0.25) is 0 Å². The van der Waals surface area contributed by atoms with Gasteiger partial charge in [-0.15, -0.1) is 0 Å². The van der Waals surface area contributed by atoms with Crippen LogP contribution >= 0.6 is 0 Å². The Balaban J connectivity index is 3.26. The first-order valence-corrected chi connectivity index (χ1v) is 2.65. The quantitative estimate of drug-likeness (QED) is 0.418. The lowest BCUT2D eigenvalue weighted by molar-refractivity contribution is 0.394. The summed E-state index contributed by atoms with van der Waals surface area (Å²) in [5.74, 6) is 0. The molecular formula is C5H12N2O. The summed E-state index contributed by atoms with van der Waals surface area (Å²) < 4.78 is 4.58. The van der Waals surface area contributed by atoms with Gasteiger partial charge in [-0.1, -0.05) is 6.92 Å². The average molecular weight is 116 g/mol. The van der Waals surface area contributed by atoms with Crippen LogP contribution in [0.1, 0.15) is 13.3 Å². The molecule has 0 amide bonds. The molecule has 0 saturated carbocycles. The molecule has 0 saturated heterocycles. The highest BCUT2D eigenvalue weighted by molar-refractivity contribution is 5.70. The maximum absolute atomic E-state index is 5.19. The molecule has 3 nitrogen and oxygen atoms in total. The lowest BCUT2D eigenvalue weighted by atomic mass is 10.5. The van der Waals surface area contributed by atoms with Gasteiger partial charge >= 0.3 is 0 Å². The zero-order chi connectivity index (χ0) is 6.41. The number of hydrogen-bond donors (Lipinski definition) is 1. The highest BCUT2D eigenvalue weighted by Gasteiger charge is 1.81. The summed E-state index contributed by atoms with van der Waals surface area (Å²) in [6.07, 6.45) is 1.00. The Kier molecular flexibility index (Phi) is 4.03. The summed E-state index contributed by atoms with van der Waals surface area (Å²) in [4.78, 5) is 3.83. The molecule has 0 aliphatic carbocycles. The summed E-state index contributed by atoms with van der Waals surface area (Å²) in [6, 6.07) is 0.270. The Morgan fingerprint density at radius 2 is 2.38 bits per heavy atom. The minimum absolute atomic E-state index is 0.270. The molecule has 0 unspecified atom stereocenters. The summed E-state index contributed by atoms with van der Waals surface area (Å²) in [5, 5.41) is 0. The summed E-state index contributed by atoms with van der Waals surface area (Å²) in [6.45, 7) is 2.78. The van der Waals surface area contributed by atoms with Gasteiger partial charge in [-0.2, -0.15) is 0 Å². The van der Waals surface area contributed by atoms with Crippen LogP contribution in [0.15, 0.2) is 4.99 Å². The number of nitrogens with two attached hydrogens (primary N) is 1. The molecule has 0 aliphatic rings. The first-order valence-electron chi connectivity index (χ1n) is 2.65. The summed E-state index contributed by atoms with van der Waals surface area (Å²) in [5.41, 5.74) is 5.19. The predicted octanol–water partition coefficient (Wildman–Crippen LogP) is 0.358. The molecule has 0 aromatic rings. The molecular weight excluding hydrogens is 104 g/mol. The Morgan fingerprint density at radius 3 is 2.75 bits per heavy atom. The van der Waals surface area contributed by atoms with E-state index in [9.17, 15) is 0 Å². The second kappa shape index (κ2) is 4.43. The average Bonchev–Trinajstić information content (AvgIpc) is 1.83. The summed E-state index contributed by atoms with van der Waals surface area (Å²) in [7, 11) is 1.51. The van der Waals surface area contributed by atoms with E-state index in [2.05, 4.69) is 9.73 Å². The standard InChI is InChI=1S/C5H12N2O/c1-3-4-7-5(6)8-2/h3-4H2,1-2H3,(H2,6,7). The smallest absolute Gasteiger partial charge is 0.281 e. The lowest BCUT2D eigenvalue weighted by Crippen LogP contribution is -2.13. The molecule has 2 N–H and O–H groups in total. The van der Waals surface area contributed by atoms with Crippen molar-refractivity contribution in [2.45, 2.75) is 13.3 Å². The van der Waals surface area contributed by atoms with Crippen molar-refractivity contribution in [1.29, 1.82) is 0 Å². The van der Waals surface area contributed by atoms with E-state index in [0.29, 0.717) is 0 Å². The van der Waals surface area contributed by atoms with E-state index in [1.807, 2.05) is 6.92 Å². The van der Waals surface area contributed by atoms with Crippen LogP contribution in [0.2, 0.25) is 0 Å². The van der Waals surface area contributed by atoms with Crippen molar-refractivity contribution in [2.24, 2.45) is 10.7 Å². The third kappa shape index (κ3) is 3.46. The lowest BCUT2D eigenvalue weighted by Gasteiger charge is -1.94. The fourth-order valence-electron chi connectivity index (χ4n) is 0.287. The maximum Gasteiger partial charge on any atom is 0.281 e. The molecule has 0 fully saturated rings. The minimum atomic E-state index is 0.270. The molecule has 3 heteroatoms. The third-order valence-corrected chi connectivity index (χ3v) is 0.700. The molecule has 0 bridgehead atoms. The highest BCUT2D eigenvalue weighted by Crippen LogP contribution is 1.77. The van der Waals surface area contributed by atoms with Gasteiger partial charge in [0.15, 0.2) is 0 Å². The molecule has 0 heterocycles. The van der Waals surface area contributed by atoms with E-state index in [-0.39, 0.29) is 6.02 Å². The van der Waals surface area contributed by atoms with Gasteiger partial charge < -0.3 is 10.5 Å². The van der Waals surface area contributed by atoms with Crippen LogP contribution in [0, 0.1) is 0 Å². The van der Waals surface area contributed by atoms with Crippen molar-refractivity contribution in [3.05, 3.63) is 0 Å². The number of rotatable bonds is 2. The molecule has 0 rings (SSSR count). The van der Waals surface area contributed by atoms with Crippen LogP contribution in [-0.2, 0) is 4.74 Å². The van der Waals surface area contributed by atoms with Gasteiger partial charge in [0.2, 0.25) is 0 Å². The zero-order valence-electron chi connectivity index (χ0n) is 5.35. The fourth-order valence-corrected chi connectivity index (χ4v) is 0.287. The molecule has 0 aromatic heterocycles. The SMILES string of the molecule is CCCN=C(N)OC. The van der Waals surface area contributed by atoms with Gasteiger partial charge in [0, 0.05) is 6.54 Å². The normalized spacial score (nSPS) is 11.5. The Bertz CT molecular complexity index is 80.5. The molecule has 8 heavy (non-hydrogen) atoms. The van der Waals surface area contributed by atoms with Crippen LogP contribution in [0.5, 0.6) is 0 Å². The van der Waals surface area contributed by atoms with Gasteiger partial charge in [0.05, 0.1) is 7.11 Å². The van der Waals surface area contributed by atoms with E-state index in [4.69, 9.17) is 5.73 Å². The second-order valence-electron chi connectivity index (χ2n) is 1.42. The molecule has 0 atom stereocenters.